The van der Waals surface area contributed by atoms with Crippen molar-refractivity contribution < 1.29 is 19.1 Å². The van der Waals surface area contributed by atoms with E-state index in [0.29, 0.717) is 37.7 Å². The second-order valence-electron chi connectivity index (χ2n) is 9.77. The molecular weight excluding hydrogens is 486 g/mol. The van der Waals surface area contributed by atoms with Crippen LogP contribution >= 0.6 is 11.3 Å². The molecule has 0 bridgehead atoms. The number of carbonyl (C=O) groups excluding carboxylic acids is 2. The first-order valence-electron chi connectivity index (χ1n) is 12.7. The van der Waals surface area contributed by atoms with Crippen molar-refractivity contribution in [2.24, 2.45) is 5.92 Å². The van der Waals surface area contributed by atoms with Gasteiger partial charge >= 0.3 is 0 Å². The van der Waals surface area contributed by atoms with E-state index in [1.165, 1.54) is 22.5 Å². The Morgan fingerprint density at radius 2 is 1.97 bits per heavy atom. The number of hydrogen-bond acceptors (Lipinski definition) is 6. The molecule has 8 heteroatoms. The molecule has 7 nitrogen and oxygen atoms in total. The second kappa shape index (κ2) is 12.3. The van der Waals surface area contributed by atoms with Gasteiger partial charge in [0.05, 0.1) is 12.6 Å². The number of hydrogen-bond donors (Lipinski definition) is 1. The molecule has 0 saturated heterocycles. The standard InChI is InChI=1S/C29H35N3O4S/c1-19(2)15-27(33)32-13-11-21-9-10-23(16-24(21)28(32)22-7-5-20(3)6-8-22)36-17-26-31-25(18-37-26)29(34)30-12-14-35-4/h5-10,16,18-19,28H,11-15,17H2,1-4H3,(H,30,34)/t28-/m1/s1. The van der Waals surface area contributed by atoms with Crippen LogP contribution in [-0.4, -0.2) is 48.5 Å². The van der Waals surface area contributed by atoms with E-state index in [4.69, 9.17) is 9.47 Å². The highest BCUT2D eigenvalue weighted by atomic mass is 32.1. The predicted octanol–water partition coefficient (Wildman–Crippen LogP) is 4.93. The van der Waals surface area contributed by atoms with Crippen molar-refractivity contribution in [2.45, 2.75) is 46.3 Å². The van der Waals surface area contributed by atoms with Gasteiger partial charge < -0.3 is 19.7 Å². The van der Waals surface area contributed by atoms with Crippen LogP contribution in [0.1, 0.15) is 64.1 Å². The van der Waals surface area contributed by atoms with Crippen molar-refractivity contribution >= 4 is 23.2 Å². The summed E-state index contributed by atoms with van der Waals surface area (Å²) in [6, 6.07) is 14.4. The van der Waals surface area contributed by atoms with E-state index in [9.17, 15) is 9.59 Å². The van der Waals surface area contributed by atoms with Gasteiger partial charge in [-0.1, -0.05) is 49.7 Å². The number of aromatic nitrogens is 1. The minimum absolute atomic E-state index is 0.151. The lowest BCUT2D eigenvalue weighted by Gasteiger charge is -2.38. The minimum atomic E-state index is -0.222. The first-order valence-corrected chi connectivity index (χ1v) is 13.6. The smallest absolute Gasteiger partial charge is 0.270 e. The van der Waals surface area contributed by atoms with Crippen LogP contribution in [0, 0.1) is 12.8 Å². The van der Waals surface area contributed by atoms with Crippen molar-refractivity contribution in [3.8, 4) is 5.75 Å². The lowest BCUT2D eigenvalue weighted by Crippen LogP contribution is -2.41. The molecule has 1 aliphatic rings. The molecule has 0 aliphatic carbocycles. The monoisotopic (exact) mass is 521 g/mol. The molecule has 4 rings (SSSR count). The fourth-order valence-electron chi connectivity index (χ4n) is 4.51. The molecule has 1 aromatic heterocycles. The van der Waals surface area contributed by atoms with Gasteiger partial charge in [-0.15, -0.1) is 11.3 Å². The summed E-state index contributed by atoms with van der Waals surface area (Å²) in [6.07, 6.45) is 1.34. The van der Waals surface area contributed by atoms with Crippen LogP contribution in [0.3, 0.4) is 0 Å². The second-order valence-corrected chi connectivity index (χ2v) is 10.7. The maximum atomic E-state index is 13.3. The zero-order valence-electron chi connectivity index (χ0n) is 22.0. The Hall–Kier alpha value is -3.23. The van der Waals surface area contributed by atoms with Crippen LogP contribution in [0.25, 0.3) is 0 Å². The number of fused-ring (bicyclic) bond motifs is 1. The quantitative estimate of drug-likeness (QED) is 0.383. The van der Waals surface area contributed by atoms with Crippen molar-refractivity contribution in [1.82, 2.24) is 15.2 Å². The zero-order valence-corrected chi connectivity index (χ0v) is 22.8. The Labute approximate surface area is 222 Å². The Morgan fingerprint density at radius 3 is 2.70 bits per heavy atom. The van der Waals surface area contributed by atoms with Gasteiger partial charge in [-0.25, -0.2) is 4.98 Å². The molecule has 2 amide bonds. The van der Waals surface area contributed by atoms with E-state index in [-0.39, 0.29) is 24.5 Å². The van der Waals surface area contributed by atoms with Gasteiger partial charge in [0.25, 0.3) is 5.91 Å². The van der Waals surface area contributed by atoms with Gasteiger partial charge in [0.2, 0.25) is 5.91 Å². The van der Waals surface area contributed by atoms with Crippen LogP contribution in [0.5, 0.6) is 5.75 Å². The van der Waals surface area contributed by atoms with E-state index >= 15 is 0 Å². The largest absolute Gasteiger partial charge is 0.486 e. The van der Waals surface area contributed by atoms with Crippen molar-refractivity contribution in [1.29, 1.82) is 0 Å². The van der Waals surface area contributed by atoms with E-state index in [2.05, 4.69) is 67.5 Å². The SMILES string of the molecule is COCCNC(=O)c1csc(COc2ccc3c(c2)[C@@H](c2ccc(C)cc2)N(C(=O)CC(C)C)CC3)n1. The first-order chi connectivity index (χ1) is 17.9. The molecule has 0 unspecified atom stereocenters. The molecular formula is C29H35N3O4S. The molecule has 0 radical (unpaired) electrons. The average Bonchev–Trinajstić information content (AvgIpc) is 3.36. The van der Waals surface area contributed by atoms with Crippen LogP contribution in [0.15, 0.2) is 47.8 Å². The number of aryl methyl sites for hydroxylation is 1. The third-order valence-electron chi connectivity index (χ3n) is 6.38. The molecule has 3 aromatic rings. The molecule has 2 heterocycles. The zero-order chi connectivity index (χ0) is 26.4. The summed E-state index contributed by atoms with van der Waals surface area (Å²) in [7, 11) is 1.59. The fourth-order valence-corrected chi connectivity index (χ4v) is 5.20. The van der Waals surface area contributed by atoms with Gasteiger partial charge in [-0.3, -0.25) is 9.59 Å². The third kappa shape index (κ3) is 6.76. The highest BCUT2D eigenvalue weighted by Gasteiger charge is 2.32. The van der Waals surface area contributed by atoms with E-state index < -0.39 is 0 Å². The van der Waals surface area contributed by atoms with Crippen LogP contribution < -0.4 is 10.1 Å². The average molecular weight is 522 g/mol. The molecule has 0 fully saturated rings. The molecule has 196 valence electrons. The highest BCUT2D eigenvalue weighted by molar-refractivity contribution is 7.09. The van der Waals surface area contributed by atoms with Crippen molar-refractivity contribution in [2.75, 3.05) is 26.8 Å². The maximum absolute atomic E-state index is 13.3. The summed E-state index contributed by atoms with van der Waals surface area (Å²) in [5.74, 6) is 0.972. The topological polar surface area (TPSA) is 80.8 Å². The number of thiazole rings is 1. The van der Waals surface area contributed by atoms with Crippen molar-refractivity contribution in [3.63, 3.8) is 0 Å². The number of nitrogens with zero attached hydrogens (tertiary/aromatic N) is 2. The summed E-state index contributed by atoms with van der Waals surface area (Å²) < 4.78 is 11.1. The Morgan fingerprint density at radius 1 is 1.19 bits per heavy atom. The molecule has 37 heavy (non-hydrogen) atoms. The minimum Gasteiger partial charge on any atom is -0.486 e. The number of ether oxygens (including phenoxy) is 2. The molecule has 1 atom stereocenters. The number of methoxy groups -OCH3 is 1. The van der Waals surface area contributed by atoms with Gasteiger partial charge in [-0.2, -0.15) is 0 Å². The maximum Gasteiger partial charge on any atom is 0.270 e. The summed E-state index contributed by atoms with van der Waals surface area (Å²) in [5, 5.41) is 5.23. The Balaban J connectivity index is 1.53. The number of amides is 2. The van der Waals surface area contributed by atoms with E-state index in [1.54, 1.807) is 12.5 Å². The summed E-state index contributed by atoms with van der Waals surface area (Å²) in [4.78, 5) is 31.9. The fraction of sp³-hybridized carbons (Fsp3) is 0.414. The normalized spacial score (nSPS) is 14.9. The number of rotatable bonds is 10. The molecule has 1 N–H and O–H groups in total. The summed E-state index contributed by atoms with van der Waals surface area (Å²) in [5.41, 5.74) is 5.00. The number of nitrogens with one attached hydrogen (secondary N) is 1. The summed E-state index contributed by atoms with van der Waals surface area (Å²) >= 11 is 1.39. The first kappa shape index (κ1) is 26.8. The molecule has 0 saturated carbocycles. The lowest BCUT2D eigenvalue weighted by atomic mass is 9.87. The number of benzene rings is 2. The Bertz CT molecular complexity index is 1220. The molecule has 0 spiro atoms. The van der Waals surface area contributed by atoms with E-state index in [0.717, 1.165) is 28.3 Å². The molecule has 1 aliphatic heterocycles. The van der Waals surface area contributed by atoms with Crippen LogP contribution in [0.4, 0.5) is 0 Å². The molecule has 2 aromatic carbocycles. The lowest BCUT2D eigenvalue weighted by molar-refractivity contribution is -0.134. The third-order valence-corrected chi connectivity index (χ3v) is 7.20. The van der Waals surface area contributed by atoms with Gasteiger partial charge in [0.15, 0.2) is 0 Å². The van der Waals surface area contributed by atoms with E-state index in [1.807, 2.05) is 11.0 Å². The van der Waals surface area contributed by atoms with Gasteiger partial charge in [0.1, 0.15) is 23.1 Å². The van der Waals surface area contributed by atoms with Crippen molar-refractivity contribution in [3.05, 3.63) is 80.8 Å². The van der Waals surface area contributed by atoms with Gasteiger partial charge in [0, 0.05) is 32.0 Å². The van der Waals surface area contributed by atoms with Crippen LogP contribution in [-0.2, 0) is 22.6 Å². The predicted molar refractivity (Wildman–Crippen MR) is 145 cm³/mol. The summed E-state index contributed by atoms with van der Waals surface area (Å²) in [6.45, 7) is 8.08. The Kier molecular flexibility index (Phi) is 8.95. The van der Waals surface area contributed by atoms with Gasteiger partial charge in [-0.05, 0) is 48.1 Å². The van der Waals surface area contributed by atoms with Crippen LogP contribution in [0.2, 0.25) is 0 Å². The number of carbonyl (C=O) groups is 2. The highest BCUT2D eigenvalue weighted by Crippen LogP contribution is 2.38.